The molecule has 0 spiro atoms. The second-order valence-corrected chi connectivity index (χ2v) is 8.73. The molecule has 11 nitrogen and oxygen atoms in total. The monoisotopic (exact) mass is 537 g/mol. The Morgan fingerprint density at radius 3 is 2.59 bits per heavy atom. The maximum Gasteiger partial charge on any atom is 0.573 e. The lowest BCUT2D eigenvalue weighted by Crippen LogP contribution is -2.27. The first-order valence-electron chi connectivity index (χ1n) is 11.9. The van der Waals surface area contributed by atoms with Gasteiger partial charge in [-0.25, -0.2) is 9.67 Å². The number of benzene rings is 2. The Bertz CT molecular complexity index is 1700. The van der Waals surface area contributed by atoms with E-state index in [1.807, 2.05) is 0 Å². The summed E-state index contributed by atoms with van der Waals surface area (Å²) in [5.74, 6) is 0.921. The first-order chi connectivity index (χ1) is 18.8. The number of hydrogen-bond donors (Lipinski definition) is 0. The zero-order valence-corrected chi connectivity index (χ0v) is 20.0. The molecule has 3 heterocycles. The first-order valence-corrected chi connectivity index (χ1v) is 11.9. The van der Waals surface area contributed by atoms with Crippen molar-refractivity contribution in [3.8, 4) is 34.4 Å². The van der Waals surface area contributed by atoms with Gasteiger partial charge < -0.3 is 14.0 Å². The van der Waals surface area contributed by atoms with Crippen LogP contribution in [0.25, 0.3) is 33.5 Å². The van der Waals surface area contributed by atoms with Crippen LogP contribution in [0.15, 0.2) is 64.0 Å². The minimum absolute atomic E-state index is 0.0312. The van der Waals surface area contributed by atoms with Crippen molar-refractivity contribution >= 4 is 10.9 Å². The van der Waals surface area contributed by atoms with E-state index in [0.717, 1.165) is 17.5 Å². The zero-order valence-electron chi connectivity index (χ0n) is 20.0. The average Bonchev–Trinajstić information content (AvgIpc) is 3.66. The van der Waals surface area contributed by atoms with Crippen molar-refractivity contribution in [3.05, 3.63) is 71.0 Å². The Morgan fingerprint density at radius 1 is 1.03 bits per heavy atom. The summed E-state index contributed by atoms with van der Waals surface area (Å²) in [4.78, 5) is 25.8. The maximum absolute atomic E-state index is 13.1. The van der Waals surface area contributed by atoms with E-state index in [1.54, 1.807) is 24.3 Å². The zero-order chi connectivity index (χ0) is 27.0. The number of alkyl halides is 3. The molecule has 3 aromatic heterocycles. The van der Waals surface area contributed by atoms with Crippen LogP contribution in [0.2, 0.25) is 0 Å². The van der Waals surface area contributed by atoms with Gasteiger partial charge in [0.2, 0.25) is 11.7 Å². The molecule has 0 radical (unpaired) electrons. The molecule has 0 bridgehead atoms. The molecule has 14 heteroatoms. The fourth-order valence-corrected chi connectivity index (χ4v) is 3.84. The van der Waals surface area contributed by atoms with Gasteiger partial charge in [-0.2, -0.15) is 9.97 Å². The molecular formula is C25H18F3N7O4. The van der Waals surface area contributed by atoms with Gasteiger partial charge in [-0.1, -0.05) is 28.6 Å². The lowest BCUT2D eigenvalue weighted by Gasteiger charge is -2.10. The van der Waals surface area contributed by atoms with Gasteiger partial charge in [0, 0.05) is 12.1 Å². The number of hydrogen-bond acceptors (Lipinski definition) is 10. The van der Waals surface area contributed by atoms with Crippen LogP contribution in [0.3, 0.4) is 0 Å². The second-order valence-electron chi connectivity index (χ2n) is 8.73. The molecule has 0 N–H and O–H groups in total. The van der Waals surface area contributed by atoms with Crippen molar-refractivity contribution in [2.24, 2.45) is 0 Å². The van der Waals surface area contributed by atoms with Crippen LogP contribution in [-0.4, -0.2) is 48.1 Å². The maximum atomic E-state index is 13.1. The van der Waals surface area contributed by atoms with E-state index >= 15 is 0 Å². The summed E-state index contributed by atoms with van der Waals surface area (Å²) in [6.07, 6.45) is -1.20. The van der Waals surface area contributed by atoms with E-state index in [9.17, 15) is 18.0 Å². The molecule has 1 saturated carbocycles. The minimum atomic E-state index is -4.78. The fraction of sp³-hybridized carbons (Fsp3) is 0.240. The molecule has 1 fully saturated rings. The van der Waals surface area contributed by atoms with E-state index in [1.165, 1.54) is 30.5 Å². The highest BCUT2D eigenvalue weighted by atomic mass is 19.4. The summed E-state index contributed by atoms with van der Waals surface area (Å²) in [7, 11) is 0. The summed E-state index contributed by atoms with van der Waals surface area (Å²) in [6.45, 7) is 0.0978. The van der Waals surface area contributed by atoms with Crippen LogP contribution < -0.4 is 15.0 Å². The Labute approximate surface area is 217 Å². The summed E-state index contributed by atoms with van der Waals surface area (Å²) in [6, 6.07) is 12.0. The number of aromatic nitrogens is 7. The smallest absolute Gasteiger partial charge is 0.461 e. The molecule has 1 aliphatic carbocycles. The highest BCUT2D eigenvalue weighted by Gasteiger charge is 2.31. The highest BCUT2D eigenvalue weighted by Crippen LogP contribution is 2.39. The second kappa shape index (κ2) is 9.78. The number of fused-ring (bicyclic) bond motifs is 1. The van der Waals surface area contributed by atoms with Crippen LogP contribution in [0.1, 0.15) is 24.7 Å². The quantitative estimate of drug-likeness (QED) is 0.284. The van der Waals surface area contributed by atoms with Crippen LogP contribution in [-0.2, 0) is 6.54 Å². The molecule has 5 aromatic rings. The van der Waals surface area contributed by atoms with Gasteiger partial charge in [0.25, 0.3) is 5.56 Å². The van der Waals surface area contributed by atoms with Crippen molar-refractivity contribution < 1.29 is 27.2 Å². The standard InChI is InChI=1S/C25H18F3N7O4/c26-25(27,28)38-17-6-3-14(4-7-17)16-5-8-19-18(13-16)23(36)35(34-32-19)11-12-37-24-29-10-9-20(30-24)21-31-22(39-33-21)15-1-2-15/h3-10,13,15H,1-2,11-12H2. The number of ether oxygens (including phenoxy) is 2. The normalized spacial score (nSPS) is 13.5. The lowest BCUT2D eigenvalue weighted by molar-refractivity contribution is -0.274. The number of rotatable bonds is 8. The lowest BCUT2D eigenvalue weighted by atomic mass is 10.0. The molecule has 2 aromatic carbocycles. The van der Waals surface area contributed by atoms with Gasteiger partial charge in [-0.15, -0.1) is 18.3 Å². The van der Waals surface area contributed by atoms with Crippen LogP contribution >= 0.6 is 0 Å². The van der Waals surface area contributed by atoms with E-state index in [2.05, 4.69) is 35.2 Å². The summed E-state index contributed by atoms with van der Waals surface area (Å²) >= 11 is 0. The van der Waals surface area contributed by atoms with E-state index in [-0.39, 0.29) is 24.9 Å². The van der Waals surface area contributed by atoms with Gasteiger partial charge in [-0.05, 0) is 54.3 Å². The topological polar surface area (TPSA) is 131 Å². The molecule has 0 amide bonds. The predicted molar refractivity (Wildman–Crippen MR) is 129 cm³/mol. The SMILES string of the molecule is O=c1c2cc(-c3ccc(OC(F)(F)F)cc3)ccc2nnn1CCOc1nccc(-c2noc(C3CC3)n2)n1. The molecule has 0 unspecified atom stereocenters. The predicted octanol–water partition coefficient (Wildman–Crippen LogP) is 4.15. The Morgan fingerprint density at radius 2 is 1.82 bits per heavy atom. The van der Waals surface area contributed by atoms with E-state index in [4.69, 9.17) is 9.26 Å². The van der Waals surface area contributed by atoms with Gasteiger partial charge in [0.1, 0.15) is 23.6 Å². The molecule has 0 aliphatic heterocycles. The highest BCUT2D eigenvalue weighted by molar-refractivity contribution is 5.83. The number of halogens is 3. The minimum Gasteiger partial charge on any atom is -0.461 e. The van der Waals surface area contributed by atoms with Gasteiger partial charge in [-0.3, -0.25) is 4.79 Å². The van der Waals surface area contributed by atoms with Crippen LogP contribution in [0.4, 0.5) is 13.2 Å². The Kier molecular flexibility index (Phi) is 6.13. The van der Waals surface area contributed by atoms with E-state index in [0.29, 0.717) is 45.4 Å². The van der Waals surface area contributed by atoms with Crippen molar-refractivity contribution in [2.75, 3.05) is 6.61 Å². The van der Waals surface area contributed by atoms with Crippen molar-refractivity contribution in [2.45, 2.75) is 31.7 Å². The molecular weight excluding hydrogens is 519 g/mol. The molecule has 6 rings (SSSR count). The molecule has 39 heavy (non-hydrogen) atoms. The first kappa shape index (κ1) is 24.5. The van der Waals surface area contributed by atoms with E-state index < -0.39 is 11.9 Å². The largest absolute Gasteiger partial charge is 0.573 e. The third-order valence-electron chi connectivity index (χ3n) is 5.91. The third-order valence-corrected chi connectivity index (χ3v) is 5.91. The molecule has 0 atom stereocenters. The summed E-state index contributed by atoms with van der Waals surface area (Å²) in [5, 5.41) is 12.3. The van der Waals surface area contributed by atoms with Crippen molar-refractivity contribution in [1.82, 2.24) is 35.1 Å². The fourth-order valence-electron chi connectivity index (χ4n) is 3.84. The molecule has 198 valence electrons. The number of nitrogens with zero attached hydrogens (tertiary/aromatic N) is 7. The van der Waals surface area contributed by atoms with Gasteiger partial charge >= 0.3 is 12.4 Å². The van der Waals surface area contributed by atoms with Crippen LogP contribution in [0, 0.1) is 0 Å². The Hall–Kier alpha value is -4.88. The summed E-state index contributed by atoms with van der Waals surface area (Å²) in [5.41, 5.74) is 1.63. The van der Waals surface area contributed by atoms with Gasteiger partial charge in [0.15, 0.2) is 0 Å². The average molecular weight is 537 g/mol. The van der Waals surface area contributed by atoms with Crippen molar-refractivity contribution in [3.63, 3.8) is 0 Å². The summed E-state index contributed by atoms with van der Waals surface area (Å²) < 4.78 is 53.2. The van der Waals surface area contributed by atoms with Crippen molar-refractivity contribution in [1.29, 1.82) is 0 Å². The van der Waals surface area contributed by atoms with Crippen LogP contribution in [0.5, 0.6) is 11.8 Å². The molecule has 0 saturated heterocycles. The third kappa shape index (κ3) is 5.54. The Balaban J connectivity index is 1.15. The van der Waals surface area contributed by atoms with Gasteiger partial charge in [0.05, 0.1) is 11.9 Å². The molecule has 1 aliphatic rings.